The van der Waals surface area contributed by atoms with Crippen LogP contribution in [0.25, 0.3) is 16.9 Å². The van der Waals surface area contributed by atoms with Gasteiger partial charge in [-0.05, 0) is 42.5 Å². The smallest absolute Gasteiger partial charge is 0.230 e. The number of nitrogens with zero attached hydrogens (tertiary/aromatic N) is 2. The fourth-order valence-electron chi connectivity index (χ4n) is 3.80. The van der Waals surface area contributed by atoms with E-state index in [1.807, 2.05) is 41.1 Å². The highest BCUT2D eigenvalue weighted by Crippen LogP contribution is 2.41. The number of amides is 2. The lowest BCUT2D eigenvalue weighted by molar-refractivity contribution is -0.123. The third kappa shape index (κ3) is 3.66. The average molecular weight is 386 g/mol. The summed E-state index contributed by atoms with van der Waals surface area (Å²) in [6.45, 7) is 0.375. The Labute approximate surface area is 168 Å². The van der Waals surface area contributed by atoms with Crippen LogP contribution in [-0.2, 0) is 9.59 Å². The van der Waals surface area contributed by atoms with Crippen LogP contribution in [0.15, 0.2) is 60.7 Å². The molecule has 0 bridgehead atoms. The van der Waals surface area contributed by atoms with Gasteiger partial charge < -0.3 is 10.6 Å². The van der Waals surface area contributed by atoms with Gasteiger partial charge in [-0.3, -0.25) is 9.59 Å². The number of carbonyl (C=O) groups is 2. The van der Waals surface area contributed by atoms with Gasteiger partial charge >= 0.3 is 0 Å². The minimum atomic E-state index is -0.356. The summed E-state index contributed by atoms with van der Waals surface area (Å²) in [4.78, 5) is 24.0. The zero-order valence-electron chi connectivity index (χ0n) is 16.0. The van der Waals surface area contributed by atoms with Crippen LogP contribution >= 0.6 is 0 Å². The van der Waals surface area contributed by atoms with Crippen molar-refractivity contribution in [3.8, 4) is 16.9 Å². The molecule has 2 fully saturated rings. The number of para-hydroxylation sites is 1. The highest BCUT2D eigenvalue weighted by atomic mass is 16.2. The van der Waals surface area contributed by atoms with Gasteiger partial charge in [0.2, 0.25) is 11.8 Å². The van der Waals surface area contributed by atoms with E-state index in [1.165, 1.54) is 18.4 Å². The van der Waals surface area contributed by atoms with E-state index in [0.717, 1.165) is 16.9 Å². The molecule has 6 heteroatoms. The summed E-state index contributed by atoms with van der Waals surface area (Å²) in [5, 5.41) is 10.2. The van der Waals surface area contributed by atoms with Crippen LogP contribution in [0.5, 0.6) is 0 Å². The monoisotopic (exact) mass is 386 g/mol. The summed E-state index contributed by atoms with van der Waals surface area (Å²) in [5.41, 5.74) is 4.28. The van der Waals surface area contributed by atoms with Gasteiger partial charge in [-0.25, -0.2) is 4.68 Å². The van der Waals surface area contributed by atoms with Crippen LogP contribution in [-0.4, -0.2) is 28.1 Å². The highest BCUT2D eigenvalue weighted by Gasteiger charge is 2.29. The van der Waals surface area contributed by atoms with Gasteiger partial charge in [-0.1, -0.05) is 36.4 Å². The topological polar surface area (TPSA) is 76.0 Å². The first kappa shape index (κ1) is 17.7. The lowest BCUT2D eigenvalue weighted by atomic mass is 10.0. The Morgan fingerprint density at radius 1 is 1.07 bits per heavy atom. The summed E-state index contributed by atoms with van der Waals surface area (Å²) in [6.07, 6.45) is 2.72. The number of carbonyl (C=O) groups excluding carboxylic acids is 2. The molecule has 3 aromatic rings. The van der Waals surface area contributed by atoms with Crippen molar-refractivity contribution in [1.29, 1.82) is 0 Å². The van der Waals surface area contributed by atoms with Crippen LogP contribution in [0.4, 0.5) is 5.82 Å². The summed E-state index contributed by atoms with van der Waals surface area (Å²) in [6, 6.07) is 20.3. The van der Waals surface area contributed by atoms with E-state index in [2.05, 4.69) is 40.0 Å². The van der Waals surface area contributed by atoms with Crippen molar-refractivity contribution < 1.29 is 9.59 Å². The van der Waals surface area contributed by atoms with E-state index in [-0.39, 0.29) is 24.2 Å². The van der Waals surface area contributed by atoms with E-state index in [1.54, 1.807) is 0 Å². The van der Waals surface area contributed by atoms with Gasteiger partial charge in [-0.15, -0.1) is 5.10 Å². The van der Waals surface area contributed by atoms with E-state index in [0.29, 0.717) is 18.3 Å². The zero-order chi connectivity index (χ0) is 19.8. The van der Waals surface area contributed by atoms with E-state index in [4.69, 9.17) is 0 Å². The van der Waals surface area contributed by atoms with Crippen molar-refractivity contribution in [3.63, 3.8) is 0 Å². The molecule has 146 valence electrons. The van der Waals surface area contributed by atoms with Crippen LogP contribution in [0.1, 0.15) is 30.7 Å². The molecule has 2 heterocycles. The molecule has 2 aromatic carbocycles. The Morgan fingerprint density at radius 2 is 1.90 bits per heavy atom. The Morgan fingerprint density at radius 3 is 2.62 bits per heavy atom. The molecule has 2 N–H and O–H groups in total. The number of benzene rings is 2. The predicted octanol–water partition coefficient (Wildman–Crippen LogP) is 3.49. The molecule has 2 aliphatic rings. The quantitative estimate of drug-likeness (QED) is 0.705. The van der Waals surface area contributed by atoms with E-state index < -0.39 is 0 Å². The van der Waals surface area contributed by atoms with Crippen molar-refractivity contribution >= 4 is 17.6 Å². The van der Waals surface area contributed by atoms with Gasteiger partial charge in [0.1, 0.15) is 0 Å². The SMILES string of the molecule is O=C1C[C@@H](C(=O)Nc2cc(-c3cccc(C4CC4)c3)n(-c3ccccc3)n2)CN1. The number of aromatic nitrogens is 2. The van der Waals surface area contributed by atoms with Gasteiger partial charge in [0.25, 0.3) is 0 Å². The maximum absolute atomic E-state index is 12.6. The second-order valence-electron chi connectivity index (χ2n) is 7.76. The average Bonchev–Trinajstić information content (AvgIpc) is 3.38. The second-order valence-corrected chi connectivity index (χ2v) is 7.76. The number of hydrogen-bond donors (Lipinski definition) is 2. The fraction of sp³-hybridized carbons (Fsp3) is 0.261. The molecule has 29 heavy (non-hydrogen) atoms. The lowest BCUT2D eigenvalue weighted by Gasteiger charge is -2.09. The Hall–Kier alpha value is -3.41. The third-order valence-corrected chi connectivity index (χ3v) is 5.54. The highest BCUT2D eigenvalue weighted by molar-refractivity contribution is 5.97. The van der Waals surface area contributed by atoms with Gasteiger partial charge in [0, 0.05) is 24.6 Å². The largest absolute Gasteiger partial charge is 0.355 e. The van der Waals surface area contributed by atoms with Crippen molar-refractivity contribution in [1.82, 2.24) is 15.1 Å². The second kappa shape index (κ2) is 7.20. The van der Waals surface area contributed by atoms with Crippen molar-refractivity contribution in [2.45, 2.75) is 25.2 Å². The van der Waals surface area contributed by atoms with E-state index >= 15 is 0 Å². The van der Waals surface area contributed by atoms with Gasteiger partial charge in [0.05, 0.1) is 17.3 Å². The number of nitrogens with one attached hydrogen (secondary N) is 2. The first-order valence-electron chi connectivity index (χ1n) is 10.0. The van der Waals surface area contributed by atoms with Crippen molar-refractivity contribution in [3.05, 3.63) is 66.2 Å². The summed E-state index contributed by atoms with van der Waals surface area (Å²) in [7, 11) is 0. The third-order valence-electron chi connectivity index (χ3n) is 5.54. The molecule has 0 spiro atoms. The summed E-state index contributed by atoms with van der Waals surface area (Å²) < 4.78 is 1.86. The van der Waals surface area contributed by atoms with Gasteiger partial charge in [-0.2, -0.15) is 0 Å². The fourth-order valence-corrected chi connectivity index (χ4v) is 3.80. The first-order valence-corrected chi connectivity index (χ1v) is 10.0. The molecule has 0 radical (unpaired) electrons. The Bertz CT molecular complexity index is 1070. The standard InChI is InChI=1S/C23H22N4O2/c28-22-12-18(14-24-22)23(29)25-21-13-20(27(26-21)19-7-2-1-3-8-19)17-6-4-5-16(11-17)15-9-10-15/h1-8,11,13,15,18H,9-10,12,14H2,(H,24,28)(H,25,26,29)/t18-/m1/s1. The predicted molar refractivity (Wildman–Crippen MR) is 111 cm³/mol. The number of anilines is 1. The van der Waals surface area contributed by atoms with E-state index in [9.17, 15) is 9.59 Å². The minimum absolute atomic E-state index is 0.0856. The van der Waals surface area contributed by atoms with Crippen LogP contribution in [0.2, 0.25) is 0 Å². The van der Waals surface area contributed by atoms with Crippen LogP contribution in [0.3, 0.4) is 0 Å². The first-order chi connectivity index (χ1) is 14.2. The molecule has 5 rings (SSSR count). The molecular weight excluding hydrogens is 364 g/mol. The van der Waals surface area contributed by atoms with Crippen molar-refractivity contribution in [2.24, 2.45) is 5.92 Å². The Kier molecular flexibility index (Phi) is 4.39. The molecule has 1 saturated heterocycles. The molecule has 1 aliphatic carbocycles. The molecule has 2 amide bonds. The van der Waals surface area contributed by atoms with Crippen LogP contribution in [0, 0.1) is 5.92 Å². The number of hydrogen-bond acceptors (Lipinski definition) is 3. The zero-order valence-corrected chi connectivity index (χ0v) is 16.0. The van der Waals surface area contributed by atoms with Gasteiger partial charge in [0.15, 0.2) is 5.82 Å². The molecule has 1 atom stereocenters. The summed E-state index contributed by atoms with van der Waals surface area (Å²) in [5.74, 6) is 0.530. The molecule has 6 nitrogen and oxygen atoms in total. The lowest BCUT2D eigenvalue weighted by Crippen LogP contribution is -2.24. The normalized spacial score (nSPS) is 18.5. The van der Waals surface area contributed by atoms with Crippen molar-refractivity contribution in [2.75, 3.05) is 11.9 Å². The summed E-state index contributed by atoms with van der Waals surface area (Å²) >= 11 is 0. The molecule has 1 aromatic heterocycles. The molecular formula is C23H22N4O2. The Balaban J connectivity index is 1.50. The molecule has 0 unspecified atom stereocenters. The minimum Gasteiger partial charge on any atom is -0.355 e. The van der Waals surface area contributed by atoms with Crippen LogP contribution < -0.4 is 10.6 Å². The number of rotatable bonds is 5. The maximum atomic E-state index is 12.6. The maximum Gasteiger partial charge on any atom is 0.230 e. The molecule has 1 saturated carbocycles. The molecule has 1 aliphatic heterocycles.